The number of amides is 2. The standard InChI is InChI=1S/C24H28FN3O4/c25-22-12-19(28-14-20(13-26)32-24(28)30)6-7-21(22)18-8-10-27(11-9-18)23(29)16-31-15-17-4-2-1-3-5-17/h1-7,12,18,20H,8-11,13-16,26H2/t20-/m0/s1. The number of anilines is 1. The lowest BCUT2D eigenvalue weighted by molar-refractivity contribution is -0.137. The van der Waals surface area contributed by atoms with Gasteiger partial charge in [-0.15, -0.1) is 0 Å². The molecular weight excluding hydrogens is 413 g/mol. The molecule has 2 aliphatic heterocycles. The predicted octanol–water partition coefficient (Wildman–Crippen LogP) is 3.03. The van der Waals surface area contributed by atoms with Crippen LogP contribution in [0.1, 0.15) is 29.9 Å². The minimum absolute atomic E-state index is 0.0284. The number of nitrogens with zero attached hydrogens (tertiary/aromatic N) is 2. The van der Waals surface area contributed by atoms with Gasteiger partial charge in [-0.1, -0.05) is 36.4 Å². The van der Waals surface area contributed by atoms with Gasteiger partial charge in [0.25, 0.3) is 0 Å². The van der Waals surface area contributed by atoms with E-state index in [9.17, 15) is 14.0 Å². The van der Waals surface area contributed by atoms with Crippen molar-refractivity contribution in [3.8, 4) is 0 Å². The van der Waals surface area contributed by atoms with Crippen molar-refractivity contribution >= 4 is 17.7 Å². The van der Waals surface area contributed by atoms with Crippen LogP contribution in [-0.2, 0) is 20.9 Å². The van der Waals surface area contributed by atoms with Crippen LogP contribution < -0.4 is 10.6 Å². The molecule has 2 aliphatic rings. The zero-order valence-corrected chi connectivity index (χ0v) is 17.9. The molecule has 2 saturated heterocycles. The molecule has 0 saturated carbocycles. The summed E-state index contributed by atoms with van der Waals surface area (Å²) in [7, 11) is 0. The Kier molecular flexibility index (Phi) is 7.02. The molecule has 2 aromatic carbocycles. The van der Waals surface area contributed by atoms with Crippen LogP contribution in [0.2, 0.25) is 0 Å². The molecule has 0 aliphatic carbocycles. The monoisotopic (exact) mass is 441 g/mol. The van der Waals surface area contributed by atoms with Gasteiger partial charge in [0, 0.05) is 19.6 Å². The summed E-state index contributed by atoms with van der Waals surface area (Å²) < 4.78 is 25.6. The van der Waals surface area contributed by atoms with Gasteiger partial charge in [-0.25, -0.2) is 9.18 Å². The Hall–Kier alpha value is -2.97. The van der Waals surface area contributed by atoms with Crippen molar-refractivity contribution in [1.82, 2.24) is 4.90 Å². The lowest BCUT2D eigenvalue weighted by Gasteiger charge is -2.32. The maximum absolute atomic E-state index is 14.9. The first-order valence-corrected chi connectivity index (χ1v) is 10.9. The summed E-state index contributed by atoms with van der Waals surface area (Å²) in [6.07, 6.45) is 0.487. The highest BCUT2D eigenvalue weighted by molar-refractivity contribution is 5.89. The third-order valence-electron chi connectivity index (χ3n) is 6.06. The zero-order chi connectivity index (χ0) is 22.5. The fourth-order valence-corrected chi connectivity index (χ4v) is 4.23. The Balaban J connectivity index is 1.28. The van der Waals surface area contributed by atoms with Crippen molar-refractivity contribution < 1.29 is 23.5 Å². The van der Waals surface area contributed by atoms with E-state index in [1.54, 1.807) is 17.0 Å². The van der Waals surface area contributed by atoms with Gasteiger partial charge in [-0.05, 0) is 42.0 Å². The molecule has 2 aromatic rings. The van der Waals surface area contributed by atoms with Crippen LogP contribution in [0.5, 0.6) is 0 Å². The van der Waals surface area contributed by atoms with Gasteiger partial charge >= 0.3 is 6.09 Å². The molecule has 0 radical (unpaired) electrons. The average molecular weight is 442 g/mol. The lowest BCUT2D eigenvalue weighted by Crippen LogP contribution is -2.40. The van der Waals surface area contributed by atoms with Gasteiger partial charge in [0.15, 0.2) is 0 Å². The van der Waals surface area contributed by atoms with Crippen LogP contribution in [0.25, 0.3) is 0 Å². The largest absolute Gasteiger partial charge is 0.443 e. The minimum atomic E-state index is -0.506. The Labute approximate surface area is 186 Å². The van der Waals surface area contributed by atoms with Crippen LogP contribution in [0.3, 0.4) is 0 Å². The van der Waals surface area contributed by atoms with Gasteiger partial charge in [0.05, 0.1) is 18.8 Å². The minimum Gasteiger partial charge on any atom is -0.443 e. The summed E-state index contributed by atoms with van der Waals surface area (Å²) in [6.45, 7) is 2.12. The Morgan fingerprint density at radius 2 is 1.91 bits per heavy atom. The van der Waals surface area contributed by atoms with Crippen LogP contribution >= 0.6 is 0 Å². The van der Waals surface area contributed by atoms with E-state index >= 15 is 0 Å². The van der Waals surface area contributed by atoms with Crippen molar-refractivity contribution in [1.29, 1.82) is 0 Å². The molecule has 0 spiro atoms. The van der Waals surface area contributed by atoms with Gasteiger partial charge in [0.2, 0.25) is 5.91 Å². The van der Waals surface area contributed by atoms with E-state index < -0.39 is 6.09 Å². The third kappa shape index (κ3) is 5.08. The lowest BCUT2D eigenvalue weighted by atomic mass is 9.89. The highest BCUT2D eigenvalue weighted by Crippen LogP contribution is 2.32. The van der Waals surface area contributed by atoms with E-state index in [0.717, 1.165) is 5.56 Å². The van der Waals surface area contributed by atoms with E-state index in [2.05, 4.69) is 0 Å². The molecule has 2 fully saturated rings. The number of hydrogen-bond donors (Lipinski definition) is 1. The van der Waals surface area contributed by atoms with Crippen molar-refractivity contribution in [3.63, 3.8) is 0 Å². The zero-order valence-electron chi connectivity index (χ0n) is 17.9. The fraction of sp³-hybridized carbons (Fsp3) is 0.417. The molecule has 2 amide bonds. The van der Waals surface area contributed by atoms with E-state index in [1.165, 1.54) is 11.0 Å². The highest BCUT2D eigenvalue weighted by atomic mass is 19.1. The number of cyclic esters (lactones) is 1. The van der Waals surface area contributed by atoms with Crippen molar-refractivity contribution in [2.45, 2.75) is 31.5 Å². The van der Waals surface area contributed by atoms with Crippen molar-refractivity contribution in [3.05, 3.63) is 65.5 Å². The van der Waals surface area contributed by atoms with Crippen molar-refractivity contribution in [2.24, 2.45) is 5.73 Å². The molecule has 32 heavy (non-hydrogen) atoms. The number of ether oxygens (including phenoxy) is 2. The molecule has 0 aromatic heterocycles. The number of carbonyl (C=O) groups is 2. The number of hydrogen-bond acceptors (Lipinski definition) is 5. The third-order valence-corrected chi connectivity index (χ3v) is 6.06. The molecule has 0 unspecified atom stereocenters. The van der Waals surface area contributed by atoms with Gasteiger partial charge < -0.3 is 20.1 Å². The summed E-state index contributed by atoms with van der Waals surface area (Å²) in [5, 5.41) is 0. The number of halogens is 1. The predicted molar refractivity (Wildman–Crippen MR) is 118 cm³/mol. The number of nitrogens with two attached hydrogens (primary N) is 1. The highest BCUT2D eigenvalue weighted by Gasteiger charge is 2.32. The first-order valence-electron chi connectivity index (χ1n) is 10.9. The topological polar surface area (TPSA) is 85.1 Å². The number of likely N-dealkylation sites (tertiary alicyclic amines) is 1. The SMILES string of the molecule is NC[C@H]1CN(c2ccc(C3CCN(C(=O)COCc4ccccc4)CC3)c(F)c2)C(=O)O1. The fourth-order valence-electron chi connectivity index (χ4n) is 4.23. The first-order chi connectivity index (χ1) is 15.5. The summed E-state index contributed by atoms with van der Waals surface area (Å²) in [5.41, 5.74) is 7.67. The van der Waals surface area contributed by atoms with E-state index in [4.69, 9.17) is 15.2 Å². The van der Waals surface area contributed by atoms with Crippen LogP contribution in [0.15, 0.2) is 48.5 Å². The number of benzene rings is 2. The second-order valence-corrected chi connectivity index (χ2v) is 8.19. The molecule has 7 nitrogen and oxygen atoms in total. The molecule has 4 rings (SSSR count). The number of carbonyl (C=O) groups excluding carboxylic acids is 2. The Morgan fingerprint density at radius 1 is 1.16 bits per heavy atom. The molecule has 1 atom stereocenters. The van der Waals surface area contributed by atoms with E-state index in [-0.39, 0.29) is 36.9 Å². The molecule has 8 heteroatoms. The summed E-state index contributed by atoms with van der Waals surface area (Å²) in [4.78, 5) is 27.6. The van der Waals surface area contributed by atoms with Gasteiger partial charge in [-0.2, -0.15) is 0 Å². The summed E-state index contributed by atoms with van der Waals surface area (Å²) >= 11 is 0. The van der Waals surface area contributed by atoms with Crippen LogP contribution in [0.4, 0.5) is 14.9 Å². The van der Waals surface area contributed by atoms with Gasteiger partial charge in [0.1, 0.15) is 18.5 Å². The average Bonchev–Trinajstić information content (AvgIpc) is 3.20. The second-order valence-electron chi connectivity index (χ2n) is 8.19. The molecule has 170 valence electrons. The van der Waals surface area contributed by atoms with E-state index in [0.29, 0.717) is 50.3 Å². The van der Waals surface area contributed by atoms with Gasteiger partial charge in [-0.3, -0.25) is 9.69 Å². The Bertz CT molecular complexity index is 948. The maximum Gasteiger partial charge on any atom is 0.414 e. The maximum atomic E-state index is 14.9. The molecular formula is C24H28FN3O4. The molecule has 2 N–H and O–H groups in total. The smallest absolute Gasteiger partial charge is 0.414 e. The Morgan fingerprint density at radius 3 is 2.56 bits per heavy atom. The van der Waals surface area contributed by atoms with Crippen LogP contribution in [-0.4, -0.2) is 55.8 Å². The van der Waals surface area contributed by atoms with E-state index in [1.807, 2.05) is 30.3 Å². The first kappa shape index (κ1) is 22.2. The second kappa shape index (κ2) is 10.1. The normalized spacial score (nSPS) is 19.3. The number of piperidine rings is 1. The number of rotatable bonds is 7. The van der Waals surface area contributed by atoms with Crippen LogP contribution in [0, 0.1) is 5.82 Å². The molecule has 2 heterocycles. The van der Waals surface area contributed by atoms with Crippen molar-refractivity contribution in [2.75, 3.05) is 37.7 Å². The summed E-state index contributed by atoms with van der Waals surface area (Å²) in [5.74, 6) is -0.361. The summed E-state index contributed by atoms with van der Waals surface area (Å²) in [6, 6.07) is 14.6. The molecule has 0 bridgehead atoms. The quantitative estimate of drug-likeness (QED) is 0.714.